The SMILES string of the molecule is O=[N+]([O-])c1ccc(Cl)cc1-n1cc(CCCO)nn1. The van der Waals surface area contributed by atoms with Crippen molar-refractivity contribution in [1.29, 1.82) is 0 Å². The van der Waals surface area contributed by atoms with E-state index in [2.05, 4.69) is 10.3 Å². The van der Waals surface area contributed by atoms with Gasteiger partial charge < -0.3 is 5.11 Å². The van der Waals surface area contributed by atoms with Gasteiger partial charge in [-0.1, -0.05) is 16.8 Å². The summed E-state index contributed by atoms with van der Waals surface area (Å²) < 4.78 is 1.32. The van der Waals surface area contributed by atoms with Crippen LogP contribution in [-0.4, -0.2) is 31.6 Å². The summed E-state index contributed by atoms with van der Waals surface area (Å²) in [5.41, 5.74) is 0.826. The van der Waals surface area contributed by atoms with Crippen LogP contribution in [0.1, 0.15) is 12.1 Å². The Morgan fingerprint density at radius 3 is 2.95 bits per heavy atom. The van der Waals surface area contributed by atoms with E-state index in [-0.39, 0.29) is 18.0 Å². The van der Waals surface area contributed by atoms with Gasteiger partial charge >= 0.3 is 0 Å². The Balaban J connectivity index is 2.37. The fourth-order valence-electron chi connectivity index (χ4n) is 1.63. The van der Waals surface area contributed by atoms with E-state index >= 15 is 0 Å². The molecule has 8 heteroatoms. The number of nitrogens with zero attached hydrogens (tertiary/aromatic N) is 4. The first kappa shape index (κ1) is 13.4. The Hall–Kier alpha value is -1.99. The van der Waals surface area contributed by atoms with Gasteiger partial charge in [-0.25, -0.2) is 4.68 Å². The zero-order chi connectivity index (χ0) is 13.8. The molecule has 1 aromatic carbocycles. The van der Waals surface area contributed by atoms with Crippen molar-refractivity contribution < 1.29 is 10.0 Å². The van der Waals surface area contributed by atoms with Gasteiger partial charge in [-0.2, -0.15) is 0 Å². The summed E-state index contributed by atoms with van der Waals surface area (Å²) in [6.45, 7) is 0.0597. The summed E-state index contributed by atoms with van der Waals surface area (Å²) in [6, 6.07) is 4.24. The number of rotatable bonds is 5. The van der Waals surface area contributed by atoms with Gasteiger partial charge in [-0.05, 0) is 25.0 Å². The van der Waals surface area contributed by atoms with Crippen molar-refractivity contribution in [2.45, 2.75) is 12.8 Å². The van der Waals surface area contributed by atoms with Crippen LogP contribution in [0.5, 0.6) is 0 Å². The third kappa shape index (κ3) is 3.07. The summed E-state index contributed by atoms with van der Waals surface area (Å²) in [4.78, 5) is 10.5. The number of benzene rings is 1. The van der Waals surface area contributed by atoms with E-state index < -0.39 is 4.92 Å². The van der Waals surface area contributed by atoms with Crippen molar-refractivity contribution in [3.63, 3.8) is 0 Å². The van der Waals surface area contributed by atoms with Crippen molar-refractivity contribution in [3.05, 3.63) is 45.2 Å². The summed E-state index contributed by atoms with van der Waals surface area (Å²) in [6.07, 6.45) is 2.72. The summed E-state index contributed by atoms with van der Waals surface area (Å²) in [5, 5.41) is 27.8. The standard InChI is InChI=1S/C11H11ClN4O3/c12-8-3-4-10(16(18)19)11(6-8)15-7-9(13-14-15)2-1-5-17/h3-4,6-7,17H,1-2,5H2. The van der Waals surface area contributed by atoms with E-state index in [0.29, 0.717) is 23.6 Å². The predicted molar refractivity (Wildman–Crippen MR) is 68.4 cm³/mol. The smallest absolute Gasteiger partial charge is 0.295 e. The van der Waals surface area contributed by atoms with Gasteiger partial charge in [0.05, 0.1) is 16.8 Å². The highest BCUT2D eigenvalue weighted by molar-refractivity contribution is 6.30. The molecule has 0 unspecified atom stereocenters. The minimum atomic E-state index is -0.499. The van der Waals surface area contributed by atoms with Crippen LogP contribution in [0.3, 0.4) is 0 Å². The number of aromatic nitrogens is 3. The quantitative estimate of drug-likeness (QED) is 0.666. The lowest BCUT2D eigenvalue weighted by molar-refractivity contribution is -0.384. The lowest BCUT2D eigenvalue weighted by Gasteiger charge is -2.02. The van der Waals surface area contributed by atoms with Crippen LogP contribution in [0.4, 0.5) is 5.69 Å². The molecule has 2 rings (SSSR count). The first-order chi connectivity index (χ1) is 9.11. The Morgan fingerprint density at radius 2 is 2.26 bits per heavy atom. The molecule has 0 aliphatic rings. The third-order valence-electron chi connectivity index (χ3n) is 2.51. The van der Waals surface area contributed by atoms with Crippen LogP contribution >= 0.6 is 11.6 Å². The number of halogens is 1. The first-order valence-electron chi connectivity index (χ1n) is 5.58. The zero-order valence-electron chi connectivity index (χ0n) is 9.86. The lowest BCUT2D eigenvalue weighted by Crippen LogP contribution is -2.00. The minimum absolute atomic E-state index is 0.0597. The van der Waals surface area contributed by atoms with Gasteiger partial charge in [0.1, 0.15) is 5.69 Å². The van der Waals surface area contributed by atoms with E-state index in [4.69, 9.17) is 16.7 Å². The number of aryl methyl sites for hydroxylation is 1. The van der Waals surface area contributed by atoms with Crippen molar-refractivity contribution in [3.8, 4) is 5.69 Å². The molecule has 0 saturated carbocycles. The van der Waals surface area contributed by atoms with Crippen molar-refractivity contribution >= 4 is 17.3 Å². The van der Waals surface area contributed by atoms with Gasteiger partial charge in [-0.3, -0.25) is 10.1 Å². The van der Waals surface area contributed by atoms with E-state index in [9.17, 15) is 10.1 Å². The molecule has 0 saturated heterocycles. The van der Waals surface area contributed by atoms with E-state index in [1.807, 2.05) is 0 Å². The molecule has 1 N–H and O–H groups in total. The molecule has 19 heavy (non-hydrogen) atoms. The summed E-state index contributed by atoms with van der Waals surface area (Å²) in [7, 11) is 0. The topological polar surface area (TPSA) is 94.1 Å². The van der Waals surface area contributed by atoms with Crippen molar-refractivity contribution in [2.24, 2.45) is 0 Å². The molecule has 0 aliphatic heterocycles. The largest absolute Gasteiger partial charge is 0.396 e. The maximum Gasteiger partial charge on any atom is 0.295 e. The van der Waals surface area contributed by atoms with Gasteiger partial charge in [0.15, 0.2) is 0 Å². The van der Waals surface area contributed by atoms with Gasteiger partial charge in [-0.15, -0.1) is 5.10 Å². The molecule has 1 heterocycles. The van der Waals surface area contributed by atoms with Gasteiger partial charge in [0.2, 0.25) is 0 Å². The minimum Gasteiger partial charge on any atom is -0.396 e. The molecule has 0 spiro atoms. The molecule has 100 valence electrons. The number of nitro groups is 1. The molecule has 0 atom stereocenters. The highest BCUT2D eigenvalue weighted by Crippen LogP contribution is 2.25. The van der Waals surface area contributed by atoms with Crippen LogP contribution in [0.15, 0.2) is 24.4 Å². The molecular formula is C11H11ClN4O3. The van der Waals surface area contributed by atoms with Crippen LogP contribution in [0.2, 0.25) is 5.02 Å². The third-order valence-corrected chi connectivity index (χ3v) is 2.75. The van der Waals surface area contributed by atoms with Gasteiger partial charge in [0.25, 0.3) is 5.69 Å². The second-order valence-corrected chi connectivity index (χ2v) is 4.31. The lowest BCUT2D eigenvalue weighted by atomic mass is 10.2. The fourth-order valence-corrected chi connectivity index (χ4v) is 1.79. The molecule has 0 bridgehead atoms. The van der Waals surface area contributed by atoms with Crippen molar-refractivity contribution in [1.82, 2.24) is 15.0 Å². The highest BCUT2D eigenvalue weighted by atomic mass is 35.5. The normalized spacial score (nSPS) is 10.6. The Bertz CT molecular complexity index is 599. The summed E-state index contributed by atoms with van der Waals surface area (Å²) >= 11 is 5.84. The number of hydrogen-bond acceptors (Lipinski definition) is 5. The molecule has 0 radical (unpaired) electrons. The highest BCUT2D eigenvalue weighted by Gasteiger charge is 2.17. The fraction of sp³-hybridized carbons (Fsp3) is 0.273. The molecule has 1 aromatic heterocycles. The Kier molecular flexibility index (Phi) is 4.08. The Morgan fingerprint density at radius 1 is 1.47 bits per heavy atom. The maximum atomic E-state index is 11.0. The maximum absolute atomic E-state index is 11.0. The first-order valence-corrected chi connectivity index (χ1v) is 5.96. The predicted octanol–water partition coefficient (Wildman–Crippen LogP) is 1.75. The number of aliphatic hydroxyl groups is 1. The average Bonchev–Trinajstić information content (AvgIpc) is 2.84. The second-order valence-electron chi connectivity index (χ2n) is 3.87. The molecule has 7 nitrogen and oxygen atoms in total. The van der Waals surface area contributed by atoms with E-state index in [1.165, 1.54) is 22.9 Å². The molecule has 2 aromatic rings. The molecule has 0 aliphatic carbocycles. The van der Waals surface area contributed by atoms with Crippen LogP contribution in [0.25, 0.3) is 5.69 Å². The van der Waals surface area contributed by atoms with Gasteiger partial charge in [0, 0.05) is 17.7 Å². The Labute approximate surface area is 113 Å². The van der Waals surface area contributed by atoms with Crippen LogP contribution < -0.4 is 0 Å². The second kappa shape index (κ2) is 5.77. The summed E-state index contributed by atoms with van der Waals surface area (Å²) in [5.74, 6) is 0. The van der Waals surface area contributed by atoms with E-state index in [1.54, 1.807) is 6.20 Å². The van der Waals surface area contributed by atoms with Crippen molar-refractivity contribution in [2.75, 3.05) is 6.61 Å². The van der Waals surface area contributed by atoms with E-state index in [0.717, 1.165) is 0 Å². The molecular weight excluding hydrogens is 272 g/mol. The zero-order valence-corrected chi connectivity index (χ0v) is 10.6. The number of aliphatic hydroxyl groups excluding tert-OH is 1. The molecule has 0 fully saturated rings. The average molecular weight is 283 g/mol. The van der Waals surface area contributed by atoms with Crippen LogP contribution in [-0.2, 0) is 6.42 Å². The molecule has 0 amide bonds. The number of hydrogen-bond donors (Lipinski definition) is 1. The number of nitro benzene ring substituents is 1. The van der Waals surface area contributed by atoms with Crippen LogP contribution in [0, 0.1) is 10.1 Å². The monoisotopic (exact) mass is 282 g/mol.